The van der Waals surface area contributed by atoms with Crippen LogP contribution in [0.5, 0.6) is 0 Å². The lowest BCUT2D eigenvalue weighted by Gasteiger charge is -2.40. The zero-order valence-corrected chi connectivity index (χ0v) is 9.96. The number of aliphatic carboxylic acids is 1. The van der Waals surface area contributed by atoms with Crippen LogP contribution in [0.25, 0.3) is 0 Å². The maximum atomic E-state index is 12.6. The first-order valence-electron chi connectivity index (χ1n) is 5.74. The number of aromatic nitrogens is 2. The fraction of sp³-hybridized carbons (Fsp3) is 0.636. The molecule has 1 aliphatic rings. The molecule has 100 valence electrons. The highest BCUT2D eigenvalue weighted by Crippen LogP contribution is 2.26. The van der Waals surface area contributed by atoms with Crippen LogP contribution in [0.1, 0.15) is 19.3 Å². The van der Waals surface area contributed by atoms with Gasteiger partial charge in [-0.15, -0.1) is 0 Å². The third-order valence-corrected chi connectivity index (χ3v) is 3.41. The molecule has 2 rings (SSSR count). The monoisotopic (exact) mass is 259 g/mol. The lowest BCUT2D eigenvalue weighted by Crippen LogP contribution is -2.50. The Morgan fingerprint density at radius 1 is 1.61 bits per heavy atom. The van der Waals surface area contributed by atoms with Gasteiger partial charge in [0.1, 0.15) is 5.82 Å². The molecule has 0 aromatic carbocycles. The van der Waals surface area contributed by atoms with Gasteiger partial charge in [0.15, 0.2) is 0 Å². The van der Waals surface area contributed by atoms with Crippen molar-refractivity contribution in [3.63, 3.8) is 0 Å². The summed E-state index contributed by atoms with van der Waals surface area (Å²) in [5.74, 6) is -0.797. The van der Waals surface area contributed by atoms with Gasteiger partial charge in [0, 0.05) is 25.5 Å². The minimum Gasteiger partial charge on any atom is -0.481 e. The molecule has 5 nitrogen and oxygen atoms in total. The van der Waals surface area contributed by atoms with E-state index >= 15 is 0 Å². The summed E-state index contributed by atoms with van der Waals surface area (Å²) in [6, 6.07) is 0. The summed E-state index contributed by atoms with van der Waals surface area (Å²) in [6.07, 6.45) is 2.59. The van der Waals surface area contributed by atoms with Gasteiger partial charge in [-0.25, -0.2) is 4.98 Å². The number of alkyl halides is 2. The van der Waals surface area contributed by atoms with E-state index in [0.29, 0.717) is 25.5 Å². The molecule has 18 heavy (non-hydrogen) atoms. The fourth-order valence-electron chi connectivity index (χ4n) is 2.10. The molecule has 1 atom stereocenters. The van der Waals surface area contributed by atoms with Crippen LogP contribution in [0.15, 0.2) is 12.4 Å². The van der Waals surface area contributed by atoms with Crippen molar-refractivity contribution in [1.29, 1.82) is 0 Å². The average molecular weight is 259 g/mol. The summed E-state index contributed by atoms with van der Waals surface area (Å²) in [6.45, 7) is 0.648. The van der Waals surface area contributed by atoms with Crippen LogP contribution in [0.2, 0.25) is 0 Å². The zero-order valence-electron chi connectivity index (χ0n) is 9.96. The number of rotatable bonds is 5. The van der Waals surface area contributed by atoms with Crippen LogP contribution >= 0.6 is 0 Å². The summed E-state index contributed by atoms with van der Waals surface area (Å²) in [5.41, 5.74) is 0. The Morgan fingerprint density at radius 2 is 2.28 bits per heavy atom. The molecule has 1 aromatic heterocycles. The Balaban J connectivity index is 1.87. The molecule has 2 heterocycles. The molecule has 1 aliphatic heterocycles. The third kappa shape index (κ3) is 2.50. The van der Waals surface area contributed by atoms with Gasteiger partial charge in [0.05, 0.1) is 12.5 Å². The number of hydrogen-bond donors (Lipinski definition) is 1. The molecule has 1 aromatic rings. The molecule has 7 heteroatoms. The molecular weight excluding hydrogens is 244 g/mol. The molecule has 0 saturated carbocycles. The van der Waals surface area contributed by atoms with Crippen molar-refractivity contribution >= 4 is 5.97 Å². The first-order valence-corrected chi connectivity index (χ1v) is 5.74. The second-order valence-corrected chi connectivity index (χ2v) is 4.61. The van der Waals surface area contributed by atoms with Crippen molar-refractivity contribution in [3.05, 3.63) is 18.2 Å². The van der Waals surface area contributed by atoms with Crippen LogP contribution in [0.4, 0.5) is 8.78 Å². The molecule has 0 aliphatic carbocycles. The maximum absolute atomic E-state index is 12.6. The Hall–Kier alpha value is -1.50. The van der Waals surface area contributed by atoms with Gasteiger partial charge in [-0.05, 0) is 5.92 Å². The smallest absolute Gasteiger partial charge is 0.319 e. The number of carboxylic acid groups (broad SMARTS) is 1. The molecule has 0 bridgehead atoms. The van der Waals surface area contributed by atoms with E-state index in [4.69, 9.17) is 5.11 Å². The van der Waals surface area contributed by atoms with E-state index < -0.39 is 18.4 Å². The summed E-state index contributed by atoms with van der Waals surface area (Å²) >= 11 is 0. The van der Waals surface area contributed by atoms with Crippen molar-refractivity contribution in [1.82, 2.24) is 14.5 Å². The number of hydrogen-bond acceptors (Lipinski definition) is 3. The number of halogens is 2. The van der Waals surface area contributed by atoms with E-state index in [2.05, 4.69) is 4.98 Å². The third-order valence-electron chi connectivity index (χ3n) is 3.41. The minimum absolute atomic E-state index is 0.0949. The molecule has 1 unspecified atom stereocenters. The van der Waals surface area contributed by atoms with Crippen molar-refractivity contribution in [2.24, 2.45) is 11.8 Å². The van der Waals surface area contributed by atoms with Crippen LogP contribution in [-0.4, -0.2) is 38.6 Å². The molecular formula is C11H15F2N3O2. The lowest BCUT2D eigenvalue weighted by atomic mass is 9.87. The predicted octanol–water partition coefficient (Wildman–Crippen LogP) is 1.43. The molecule has 0 radical (unpaired) electrons. The summed E-state index contributed by atoms with van der Waals surface area (Å²) in [5, 5.41) is 8.84. The van der Waals surface area contributed by atoms with Gasteiger partial charge >= 0.3 is 12.5 Å². The largest absolute Gasteiger partial charge is 0.481 e. The topological polar surface area (TPSA) is 58.4 Å². The van der Waals surface area contributed by atoms with Crippen LogP contribution in [0.3, 0.4) is 0 Å². The summed E-state index contributed by atoms with van der Waals surface area (Å²) in [7, 11) is 0. The predicted molar refractivity (Wildman–Crippen MR) is 59.0 cm³/mol. The van der Waals surface area contributed by atoms with Gasteiger partial charge < -0.3 is 5.11 Å². The van der Waals surface area contributed by atoms with Crippen molar-refractivity contribution in [2.75, 3.05) is 13.1 Å². The highest BCUT2D eigenvalue weighted by atomic mass is 19.3. The van der Waals surface area contributed by atoms with Crippen molar-refractivity contribution in [3.8, 4) is 0 Å². The molecule has 0 spiro atoms. The fourth-order valence-corrected chi connectivity index (χ4v) is 2.10. The highest BCUT2D eigenvalue weighted by Gasteiger charge is 2.35. The zero-order chi connectivity index (χ0) is 13.3. The Morgan fingerprint density at radius 3 is 2.83 bits per heavy atom. The number of likely N-dealkylation sites (tertiary alicyclic amines) is 1. The van der Waals surface area contributed by atoms with Crippen LogP contribution in [0, 0.1) is 11.8 Å². The average Bonchev–Trinajstić information content (AvgIpc) is 2.69. The lowest BCUT2D eigenvalue weighted by molar-refractivity contribution is -0.145. The number of imidazole rings is 1. The Bertz CT molecular complexity index is 430. The maximum Gasteiger partial charge on any atom is 0.319 e. The second-order valence-electron chi connectivity index (χ2n) is 4.61. The van der Waals surface area contributed by atoms with Gasteiger partial charge in [0.2, 0.25) is 0 Å². The molecule has 0 amide bonds. The normalized spacial score (nSPS) is 18.9. The summed E-state index contributed by atoms with van der Waals surface area (Å²) in [4.78, 5) is 16.6. The van der Waals surface area contributed by atoms with Crippen LogP contribution < -0.4 is 0 Å². The van der Waals surface area contributed by atoms with Crippen molar-refractivity contribution in [2.45, 2.75) is 20.0 Å². The number of nitrogens with zero attached hydrogens (tertiary/aromatic N) is 3. The van der Waals surface area contributed by atoms with E-state index in [-0.39, 0.29) is 5.92 Å². The van der Waals surface area contributed by atoms with Crippen LogP contribution in [-0.2, 0) is 11.3 Å². The van der Waals surface area contributed by atoms with E-state index in [1.54, 1.807) is 6.92 Å². The van der Waals surface area contributed by atoms with Gasteiger partial charge in [-0.1, -0.05) is 6.92 Å². The SMILES string of the molecule is CC(C(=O)O)C1CN(Cc2nccn2C(F)F)C1. The Kier molecular flexibility index (Phi) is 3.60. The van der Waals surface area contributed by atoms with Crippen molar-refractivity contribution < 1.29 is 18.7 Å². The molecule has 1 N–H and O–H groups in total. The van der Waals surface area contributed by atoms with E-state index in [1.807, 2.05) is 4.90 Å². The molecule has 1 saturated heterocycles. The quantitative estimate of drug-likeness (QED) is 0.869. The van der Waals surface area contributed by atoms with E-state index in [1.165, 1.54) is 12.4 Å². The van der Waals surface area contributed by atoms with Gasteiger partial charge in [-0.3, -0.25) is 14.3 Å². The minimum atomic E-state index is -2.59. The van der Waals surface area contributed by atoms with E-state index in [9.17, 15) is 13.6 Å². The number of carbonyl (C=O) groups is 1. The number of carboxylic acids is 1. The standard InChI is InChI=1S/C11H15F2N3O2/c1-7(10(17)18)8-4-15(5-8)6-9-14-2-3-16(9)11(12)13/h2-3,7-8,11H,4-6H2,1H3,(H,17,18). The highest BCUT2D eigenvalue weighted by molar-refractivity contribution is 5.70. The summed E-state index contributed by atoms with van der Waals surface area (Å²) < 4.78 is 26.0. The first kappa shape index (κ1) is 12.9. The van der Waals surface area contributed by atoms with Gasteiger partial charge in [0.25, 0.3) is 0 Å². The Labute approximate surface area is 103 Å². The molecule has 1 fully saturated rings. The first-order chi connectivity index (χ1) is 8.49. The van der Waals surface area contributed by atoms with Gasteiger partial charge in [-0.2, -0.15) is 8.78 Å². The second kappa shape index (κ2) is 5.01. The van der Waals surface area contributed by atoms with E-state index in [0.717, 1.165) is 4.57 Å².